The van der Waals surface area contributed by atoms with Gasteiger partial charge in [0.2, 0.25) is 0 Å². The van der Waals surface area contributed by atoms with Crippen LogP contribution in [0.3, 0.4) is 0 Å². The fourth-order valence-corrected chi connectivity index (χ4v) is 1.67. The van der Waals surface area contributed by atoms with Crippen molar-refractivity contribution in [1.82, 2.24) is 0 Å². The van der Waals surface area contributed by atoms with Crippen molar-refractivity contribution < 1.29 is 14.3 Å². The Hall–Kier alpha value is -0.940. The molecule has 0 aliphatic heterocycles. The molecule has 0 aliphatic carbocycles. The largest absolute Gasteiger partial charge is 0.418 e. The first kappa shape index (κ1) is 11.1. The van der Waals surface area contributed by atoms with Gasteiger partial charge in [-0.15, -0.1) is 0 Å². The second-order valence-corrected chi connectivity index (χ2v) is 4.56. The maximum absolute atomic E-state index is 11.1. The first-order chi connectivity index (χ1) is 6.68. The van der Waals surface area contributed by atoms with Gasteiger partial charge < -0.3 is 4.74 Å². The third-order valence-electron chi connectivity index (χ3n) is 1.17. The second kappa shape index (κ2) is 5.72. The van der Waals surface area contributed by atoms with E-state index in [9.17, 15) is 9.59 Å². The van der Waals surface area contributed by atoms with Crippen molar-refractivity contribution in [1.29, 1.82) is 0 Å². The predicted octanol–water partition coefficient (Wildman–Crippen LogP) is 3.11. The van der Waals surface area contributed by atoms with Crippen molar-refractivity contribution in [3.8, 4) is 5.75 Å². The van der Waals surface area contributed by atoms with Gasteiger partial charge in [-0.2, -0.15) is 0 Å². The van der Waals surface area contributed by atoms with Gasteiger partial charge >= 0.3 is 5.30 Å². The molecule has 14 heavy (non-hydrogen) atoms. The van der Waals surface area contributed by atoms with Gasteiger partial charge in [0.25, 0.3) is 0 Å². The molecule has 1 aromatic rings. The number of hydrogen-bond acceptors (Lipinski definition) is 5. The zero-order chi connectivity index (χ0) is 10.4. The van der Waals surface area contributed by atoms with E-state index < -0.39 is 5.30 Å². The standard InChI is InChI=1S/C9H8O3S2/c1-7(10)13-14-9(11)12-8-5-3-2-4-6-8/h2-6H,1H3. The van der Waals surface area contributed by atoms with Gasteiger partial charge in [-0.05, 0) is 22.9 Å². The van der Waals surface area contributed by atoms with Crippen LogP contribution < -0.4 is 4.74 Å². The van der Waals surface area contributed by atoms with Gasteiger partial charge in [0.05, 0.1) is 0 Å². The van der Waals surface area contributed by atoms with Crippen LogP contribution >= 0.6 is 21.6 Å². The number of benzene rings is 1. The lowest BCUT2D eigenvalue weighted by Gasteiger charge is -2.00. The molecule has 5 heteroatoms. The van der Waals surface area contributed by atoms with Crippen molar-refractivity contribution in [2.24, 2.45) is 0 Å². The summed E-state index contributed by atoms with van der Waals surface area (Å²) in [6, 6.07) is 8.72. The van der Waals surface area contributed by atoms with Crippen LogP contribution in [0.1, 0.15) is 6.92 Å². The van der Waals surface area contributed by atoms with E-state index in [4.69, 9.17) is 4.74 Å². The molecule has 0 radical (unpaired) electrons. The van der Waals surface area contributed by atoms with Crippen LogP contribution in [0.15, 0.2) is 30.3 Å². The molecule has 1 rings (SSSR count). The van der Waals surface area contributed by atoms with Crippen molar-refractivity contribution in [3.63, 3.8) is 0 Å². The summed E-state index contributed by atoms with van der Waals surface area (Å²) in [6.07, 6.45) is 0. The third kappa shape index (κ3) is 4.34. The monoisotopic (exact) mass is 228 g/mol. The lowest BCUT2D eigenvalue weighted by Crippen LogP contribution is -1.98. The maximum Gasteiger partial charge on any atom is 0.383 e. The average molecular weight is 228 g/mol. The lowest BCUT2D eigenvalue weighted by atomic mass is 10.3. The van der Waals surface area contributed by atoms with Gasteiger partial charge in [-0.25, -0.2) is 4.79 Å². The Labute approximate surface area is 89.6 Å². The Morgan fingerprint density at radius 2 is 1.79 bits per heavy atom. The Bertz CT molecular complexity index is 324. The van der Waals surface area contributed by atoms with E-state index in [1.165, 1.54) is 6.92 Å². The van der Waals surface area contributed by atoms with E-state index in [-0.39, 0.29) is 5.12 Å². The SMILES string of the molecule is CC(=O)SSC(=O)Oc1ccccc1. The van der Waals surface area contributed by atoms with Crippen LogP contribution in [0.5, 0.6) is 5.75 Å². The zero-order valence-electron chi connectivity index (χ0n) is 7.43. The van der Waals surface area contributed by atoms with Crippen molar-refractivity contribution in [2.45, 2.75) is 6.92 Å². The number of carbonyl (C=O) groups excluding carboxylic acids is 2. The van der Waals surface area contributed by atoms with Gasteiger partial charge in [-0.3, -0.25) is 4.79 Å². The second-order valence-electron chi connectivity index (χ2n) is 2.32. The highest BCUT2D eigenvalue weighted by Gasteiger charge is 2.07. The molecule has 3 nitrogen and oxygen atoms in total. The molecule has 0 amide bonds. The predicted molar refractivity (Wildman–Crippen MR) is 58.3 cm³/mol. The molecular formula is C9H8O3S2. The third-order valence-corrected chi connectivity index (χ3v) is 3.07. The van der Waals surface area contributed by atoms with Crippen LogP contribution in [0.4, 0.5) is 4.79 Å². The minimum absolute atomic E-state index is 0.125. The first-order valence-electron chi connectivity index (χ1n) is 3.80. The Balaban J connectivity index is 2.38. The summed E-state index contributed by atoms with van der Waals surface area (Å²) in [4.78, 5) is 21.6. The Morgan fingerprint density at radius 3 is 2.36 bits per heavy atom. The highest BCUT2D eigenvalue weighted by Crippen LogP contribution is 2.25. The molecule has 0 saturated heterocycles. The molecular weight excluding hydrogens is 220 g/mol. The molecule has 0 unspecified atom stereocenters. The molecule has 0 spiro atoms. The van der Waals surface area contributed by atoms with Gasteiger partial charge in [0.15, 0.2) is 5.12 Å². The smallest absolute Gasteiger partial charge is 0.383 e. The van der Waals surface area contributed by atoms with Crippen LogP contribution in [-0.4, -0.2) is 10.4 Å². The Kier molecular flexibility index (Phi) is 4.55. The van der Waals surface area contributed by atoms with Crippen molar-refractivity contribution >= 4 is 32.0 Å². The van der Waals surface area contributed by atoms with E-state index in [1.54, 1.807) is 24.3 Å². The van der Waals surface area contributed by atoms with Crippen LogP contribution in [-0.2, 0) is 4.79 Å². The molecule has 0 aromatic heterocycles. The lowest BCUT2D eigenvalue weighted by molar-refractivity contribution is -0.109. The zero-order valence-corrected chi connectivity index (χ0v) is 9.06. The number of carbonyl (C=O) groups is 2. The summed E-state index contributed by atoms with van der Waals surface area (Å²) in [5.74, 6) is 0.481. The van der Waals surface area contributed by atoms with Crippen molar-refractivity contribution in [2.75, 3.05) is 0 Å². The summed E-state index contributed by atoms with van der Waals surface area (Å²) < 4.78 is 4.92. The highest BCUT2D eigenvalue weighted by atomic mass is 33.1. The van der Waals surface area contributed by atoms with Gasteiger partial charge in [-0.1, -0.05) is 18.2 Å². The fraction of sp³-hybridized carbons (Fsp3) is 0.111. The summed E-state index contributed by atoms with van der Waals surface area (Å²) in [5.41, 5.74) is 0. The molecule has 74 valence electrons. The molecule has 0 aliphatic rings. The molecule has 0 fully saturated rings. The van der Waals surface area contributed by atoms with E-state index in [0.29, 0.717) is 5.75 Å². The minimum Gasteiger partial charge on any atom is -0.418 e. The van der Waals surface area contributed by atoms with Gasteiger partial charge in [0, 0.05) is 17.7 Å². The first-order valence-corrected chi connectivity index (χ1v) is 5.95. The van der Waals surface area contributed by atoms with E-state index in [2.05, 4.69) is 0 Å². The quantitative estimate of drug-likeness (QED) is 0.545. The summed E-state index contributed by atoms with van der Waals surface area (Å²) in [5, 5.41) is -0.614. The number of ether oxygens (including phenoxy) is 1. The molecule has 1 aromatic carbocycles. The van der Waals surface area contributed by atoms with Crippen molar-refractivity contribution in [3.05, 3.63) is 30.3 Å². The highest BCUT2D eigenvalue weighted by molar-refractivity contribution is 8.87. The summed E-state index contributed by atoms with van der Waals surface area (Å²) in [6.45, 7) is 1.40. The normalized spacial score (nSPS) is 9.50. The van der Waals surface area contributed by atoms with Crippen LogP contribution in [0, 0.1) is 0 Å². The Morgan fingerprint density at radius 1 is 1.14 bits per heavy atom. The molecule has 0 N–H and O–H groups in total. The van der Waals surface area contributed by atoms with Gasteiger partial charge in [0.1, 0.15) is 5.75 Å². The number of para-hydroxylation sites is 1. The number of hydrogen-bond donors (Lipinski definition) is 0. The maximum atomic E-state index is 11.1. The molecule has 0 atom stereocenters. The number of rotatable bonds is 1. The average Bonchev–Trinajstić information content (AvgIpc) is 2.16. The summed E-state index contributed by atoms with van der Waals surface area (Å²) in [7, 11) is 1.65. The minimum atomic E-state index is -0.489. The topological polar surface area (TPSA) is 43.4 Å². The molecule has 0 saturated carbocycles. The molecule has 0 bridgehead atoms. The van der Waals surface area contributed by atoms with E-state index in [1.807, 2.05) is 6.07 Å². The van der Waals surface area contributed by atoms with Crippen LogP contribution in [0.2, 0.25) is 0 Å². The summed E-state index contributed by atoms with van der Waals surface area (Å²) >= 11 is 0. The van der Waals surface area contributed by atoms with Crippen LogP contribution in [0.25, 0.3) is 0 Å². The molecule has 0 heterocycles. The fourth-order valence-electron chi connectivity index (χ4n) is 0.694. The van der Waals surface area contributed by atoms with E-state index in [0.717, 1.165) is 21.6 Å². The van der Waals surface area contributed by atoms with E-state index >= 15 is 0 Å².